The van der Waals surface area contributed by atoms with Gasteiger partial charge in [0.05, 0.1) is 28.0 Å². The summed E-state index contributed by atoms with van der Waals surface area (Å²) in [5.41, 5.74) is 1.28. The Morgan fingerprint density at radius 2 is 1.41 bits per heavy atom. The first-order chi connectivity index (χ1) is 27.1. The van der Waals surface area contributed by atoms with Crippen molar-refractivity contribution in [1.82, 2.24) is 25.9 Å². The van der Waals surface area contributed by atoms with Gasteiger partial charge in [0, 0.05) is 33.5 Å². The predicted octanol–water partition coefficient (Wildman–Crippen LogP) is -2.36. The molecular formula is C40H20N8O8+2. The number of hydrogen-bond acceptors (Lipinski definition) is 9. The van der Waals surface area contributed by atoms with Crippen LogP contribution < -0.4 is 52.8 Å². The Kier molecular flexibility index (Phi) is 5.35. The summed E-state index contributed by atoms with van der Waals surface area (Å²) in [5, 5.41) is 10.6. The Hall–Kier alpha value is -8.14. The fraction of sp³-hybridized carbons (Fsp3) is 0.0500. The largest absolute Gasteiger partial charge is 0.364 e. The Morgan fingerprint density at radius 1 is 0.643 bits per heavy atom. The zero-order valence-electron chi connectivity index (χ0n) is 28.2. The lowest BCUT2D eigenvalue weighted by molar-refractivity contribution is -0.354. The van der Waals surface area contributed by atoms with Crippen LogP contribution in [0.15, 0.2) is 70.3 Å². The van der Waals surface area contributed by atoms with Gasteiger partial charge in [-0.05, 0) is 34.9 Å². The summed E-state index contributed by atoms with van der Waals surface area (Å²) < 4.78 is 0. The normalized spacial score (nSPS) is 19.8. The molecule has 0 bridgehead atoms. The first-order valence-electron chi connectivity index (χ1n) is 17.4. The molecule has 0 saturated heterocycles. The summed E-state index contributed by atoms with van der Waals surface area (Å²) in [6.07, 6.45) is 1.42. The van der Waals surface area contributed by atoms with Crippen LogP contribution in [0, 0.1) is 0 Å². The van der Waals surface area contributed by atoms with Crippen LogP contribution in [0.2, 0.25) is 0 Å². The molecule has 8 N–H and O–H groups in total. The minimum atomic E-state index is -1.26. The summed E-state index contributed by atoms with van der Waals surface area (Å²) in [5.74, 6) is -5.98. The second kappa shape index (κ2) is 9.88. The van der Waals surface area contributed by atoms with E-state index in [1.807, 2.05) is 0 Å². The molecule has 4 aliphatic heterocycles. The number of amides is 6. The van der Waals surface area contributed by atoms with Gasteiger partial charge in [-0.2, -0.15) is 0 Å². The van der Waals surface area contributed by atoms with E-state index in [1.165, 1.54) is 12.1 Å². The molecule has 6 aliphatic rings. The predicted molar refractivity (Wildman–Crippen MR) is 196 cm³/mol. The van der Waals surface area contributed by atoms with E-state index in [2.05, 4.69) is 41.2 Å². The summed E-state index contributed by atoms with van der Waals surface area (Å²) in [4.78, 5) is 123. The van der Waals surface area contributed by atoms with Gasteiger partial charge in [0.15, 0.2) is 0 Å². The third kappa shape index (κ3) is 3.52. The lowest BCUT2D eigenvalue weighted by atomic mass is 9.73. The third-order valence-corrected chi connectivity index (χ3v) is 11.5. The van der Waals surface area contributed by atoms with Crippen molar-refractivity contribution in [2.75, 3.05) is 5.32 Å². The van der Waals surface area contributed by atoms with E-state index in [9.17, 15) is 38.4 Å². The van der Waals surface area contributed by atoms with E-state index in [4.69, 9.17) is 0 Å². The van der Waals surface area contributed by atoms with Gasteiger partial charge >= 0.3 is 0 Å². The van der Waals surface area contributed by atoms with Crippen LogP contribution in [0.25, 0.3) is 49.6 Å². The van der Waals surface area contributed by atoms with Crippen LogP contribution in [-0.4, -0.2) is 57.2 Å². The van der Waals surface area contributed by atoms with E-state index in [0.29, 0.717) is 28.1 Å². The number of H-pyrrole nitrogens is 3. The second-order valence-electron chi connectivity index (χ2n) is 14.2. The van der Waals surface area contributed by atoms with Crippen LogP contribution in [0.4, 0.5) is 11.4 Å². The molecule has 16 nitrogen and oxygen atoms in total. The van der Waals surface area contributed by atoms with Gasteiger partial charge in [0.25, 0.3) is 40.7 Å². The number of carbonyl (C=O) groups excluding carboxylic acids is 6. The summed E-state index contributed by atoms with van der Waals surface area (Å²) >= 11 is 0. The first kappa shape index (κ1) is 30.3. The molecule has 2 unspecified atom stereocenters. The minimum Gasteiger partial charge on any atom is -0.364 e. The molecule has 0 radical (unpaired) electrons. The lowest BCUT2D eigenvalue weighted by Crippen LogP contribution is -2.77. The lowest BCUT2D eigenvalue weighted by Gasteiger charge is -2.33. The number of para-hydroxylation sites is 4. The van der Waals surface area contributed by atoms with Gasteiger partial charge in [0.1, 0.15) is 33.9 Å². The maximum atomic E-state index is 14.2. The minimum absolute atomic E-state index is 0.00711. The third-order valence-electron chi connectivity index (χ3n) is 11.5. The van der Waals surface area contributed by atoms with Crippen LogP contribution >= 0.6 is 0 Å². The quantitative estimate of drug-likeness (QED) is 0.0541. The SMILES string of the molecule is O=C1NC(=O)c2cc(C3=CC4C(=O)NC(=O)c5c4c4c3c(=O)[nH]c(=O)c4c3[nH]c4ccccc4[nH+]c53)c3c4c2=C1C1=[NH+]c2ccccc2NC1C=4C(=O)NC3=O. The number of imide groups is 3. The maximum absolute atomic E-state index is 14.2. The van der Waals surface area contributed by atoms with Crippen molar-refractivity contribution in [2.45, 2.75) is 12.0 Å². The molecule has 6 heterocycles. The van der Waals surface area contributed by atoms with Gasteiger partial charge in [-0.25, -0.2) is 9.98 Å². The number of anilines is 1. The van der Waals surface area contributed by atoms with E-state index >= 15 is 0 Å². The molecular weight excluding hydrogens is 720 g/mol. The number of rotatable bonds is 1. The van der Waals surface area contributed by atoms with Crippen LogP contribution in [0.5, 0.6) is 0 Å². The van der Waals surface area contributed by atoms with E-state index in [1.54, 1.807) is 48.5 Å². The monoisotopic (exact) mass is 740 g/mol. The van der Waals surface area contributed by atoms with Crippen molar-refractivity contribution >= 4 is 102 Å². The molecule has 6 aromatic rings. The van der Waals surface area contributed by atoms with Gasteiger partial charge < -0.3 is 10.3 Å². The molecule has 6 amide bonds. The highest BCUT2D eigenvalue weighted by Gasteiger charge is 2.49. The standard InChI is InChI=1S/C40H18N8O8/c49-33-13-9-11(21-23-19(13)25(37(53)45-33)29-31(27(23)39(55)47-35(21)51)43-17-7-3-1-5-15(17)41-29)12-10-14-20-24-22(12)36(52)48-40(56)28(24)32-30(26(20)38(54)46-34(14)50)42-16-6-2-4-8-18(16)44-32/h1-10,13,32,43-44H,(H,45,49,53)(H,46,50,54)(H,47,51,55)(H,48,52,56)/p+2. The fourth-order valence-corrected chi connectivity index (χ4v) is 9.29. The van der Waals surface area contributed by atoms with Gasteiger partial charge in [-0.15, -0.1) is 0 Å². The van der Waals surface area contributed by atoms with Crippen molar-refractivity contribution in [3.05, 3.63) is 125 Å². The van der Waals surface area contributed by atoms with Crippen LogP contribution in [0.1, 0.15) is 53.7 Å². The molecule has 0 spiro atoms. The topological polar surface area (TPSA) is 244 Å². The summed E-state index contributed by atoms with van der Waals surface area (Å²) in [6.45, 7) is 0. The highest BCUT2D eigenvalue weighted by atomic mass is 16.2. The highest BCUT2D eigenvalue weighted by molar-refractivity contribution is 6.50. The van der Waals surface area contributed by atoms with Gasteiger partial charge in [-0.1, -0.05) is 30.3 Å². The Labute approximate surface area is 308 Å². The number of pyridine rings is 1. The van der Waals surface area contributed by atoms with Crippen molar-refractivity contribution in [2.24, 2.45) is 0 Å². The molecule has 4 aromatic carbocycles. The number of aromatic amines is 3. The molecule has 0 saturated carbocycles. The maximum Gasteiger partial charge on any atom is 0.265 e. The number of benzene rings is 4. The van der Waals surface area contributed by atoms with Crippen molar-refractivity contribution in [3.63, 3.8) is 0 Å². The molecule has 2 aromatic heterocycles. The number of aromatic nitrogens is 3. The molecule has 2 atom stereocenters. The zero-order valence-corrected chi connectivity index (χ0v) is 28.2. The van der Waals surface area contributed by atoms with Crippen molar-refractivity contribution < 1.29 is 38.7 Å². The van der Waals surface area contributed by atoms with E-state index < -0.39 is 58.5 Å². The number of hydrogen-bond donors (Lipinski definition) is 7. The van der Waals surface area contributed by atoms with E-state index in [-0.39, 0.29) is 82.3 Å². The molecule has 56 heavy (non-hydrogen) atoms. The van der Waals surface area contributed by atoms with Gasteiger partial charge in [-0.3, -0.25) is 59.3 Å². The second-order valence-corrected chi connectivity index (χ2v) is 14.2. The number of nitrogens with one attached hydrogen (secondary N) is 8. The Morgan fingerprint density at radius 3 is 2.27 bits per heavy atom. The number of fused-ring (bicyclic) bond motifs is 8. The van der Waals surface area contributed by atoms with Crippen molar-refractivity contribution in [1.29, 1.82) is 0 Å². The smallest absolute Gasteiger partial charge is 0.265 e. The summed E-state index contributed by atoms with van der Waals surface area (Å²) in [6, 6.07) is 14.6. The van der Waals surface area contributed by atoms with E-state index in [0.717, 1.165) is 0 Å². The first-order valence-corrected chi connectivity index (χ1v) is 17.4. The van der Waals surface area contributed by atoms with Crippen molar-refractivity contribution in [3.8, 4) is 0 Å². The van der Waals surface area contributed by atoms with Crippen LogP contribution in [0.3, 0.4) is 0 Å². The Balaban J connectivity index is 1.26. The summed E-state index contributed by atoms with van der Waals surface area (Å²) in [7, 11) is 0. The Bertz CT molecular complexity index is 3500. The fourth-order valence-electron chi connectivity index (χ4n) is 9.29. The average molecular weight is 741 g/mol. The molecule has 12 rings (SSSR count). The van der Waals surface area contributed by atoms with Gasteiger partial charge in [0.2, 0.25) is 28.3 Å². The van der Waals surface area contributed by atoms with Crippen LogP contribution in [-0.2, 0) is 14.4 Å². The molecule has 0 fully saturated rings. The highest BCUT2D eigenvalue weighted by Crippen LogP contribution is 2.45. The zero-order chi connectivity index (χ0) is 38.0. The average Bonchev–Trinajstić information content (AvgIpc) is 3.17. The molecule has 2 aliphatic carbocycles. The number of carbonyl (C=O) groups is 6. The molecule has 266 valence electrons. The molecule has 16 heteroatoms.